The summed E-state index contributed by atoms with van der Waals surface area (Å²) in [6.07, 6.45) is 0. The lowest BCUT2D eigenvalue weighted by Gasteiger charge is -2.11. The lowest BCUT2D eigenvalue weighted by atomic mass is 10.2. The van der Waals surface area contributed by atoms with E-state index in [1.54, 1.807) is 7.11 Å². The molecular weight excluding hydrogens is 485 g/mol. The van der Waals surface area contributed by atoms with Gasteiger partial charge in [0.05, 0.1) is 13.2 Å². The van der Waals surface area contributed by atoms with Crippen LogP contribution in [-0.4, -0.2) is 45.1 Å². The number of aliphatic imine (C=N–C) groups is 1. The van der Waals surface area contributed by atoms with E-state index in [-0.39, 0.29) is 24.0 Å². The summed E-state index contributed by atoms with van der Waals surface area (Å²) in [5.41, 5.74) is 1.11. The molecule has 2 N–H and O–H groups in total. The first-order valence-electron chi connectivity index (χ1n) is 9.22. The van der Waals surface area contributed by atoms with Crippen LogP contribution in [0.4, 0.5) is 0 Å². The van der Waals surface area contributed by atoms with Crippen molar-refractivity contribution in [1.29, 1.82) is 0 Å². The highest BCUT2D eigenvalue weighted by molar-refractivity contribution is 14.0. The van der Waals surface area contributed by atoms with Crippen molar-refractivity contribution < 1.29 is 9.47 Å². The number of ether oxygens (including phenoxy) is 2. The van der Waals surface area contributed by atoms with Gasteiger partial charge in [-0.2, -0.15) is 0 Å². The Labute approximate surface area is 189 Å². The fraction of sp³-hybridized carbons (Fsp3) is 0.381. The van der Waals surface area contributed by atoms with E-state index in [0.717, 1.165) is 36.1 Å². The highest BCUT2D eigenvalue weighted by Crippen LogP contribution is 2.16. The summed E-state index contributed by atoms with van der Waals surface area (Å²) in [6, 6.07) is 18.4. The first-order chi connectivity index (χ1) is 13.3. The summed E-state index contributed by atoms with van der Waals surface area (Å²) in [5, 5.41) is 6.68. The van der Waals surface area contributed by atoms with Crippen LogP contribution in [0.1, 0.15) is 12.5 Å². The Kier molecular flexibility index (Phi) is 13.6. The van der Waals surface area contributed by atoms with Gasteiger partial charge in [0, 0.05) is 30.8 Å². The molecule has 0 heterocycles. The van der Waals surface area contributed by atoms with Gasteiger partial charge in [-0.1, -0.05) is 30.3 Å². The largest absolute Gasteiger partial charge is 0.491 e. The third-order valence-corrected chi connectivity index (χ3v) is 4.64. The number of hydrogen-bond acceptors (Lipinski definition) is 4. The molecule has 5 nitrogen and oxygen atoms in total. The number of thioether (sulfide) groups is 1. The number of nitrogens with zero attached hydrogens (tertiary/aromatic N) is 1. The summed E-state index contributed by atoms with van der Waals surface area (Å²) in [6.45, 7) is 5.48. The fourth-order valence-corrected chi connectivity index (χ4v) is 3.13. The van der Waals surface area contributed by atoms with Crippen LogP contribution in [0.25, 0.3) is 0 Å². The van der Waals surface area contributed by atoms with E-state index in [2.05, 4.69) is 52.9 Å². The standard InChI is InChI=1S/C21H29N3O2S.HI/c1-3-22-21(23-12-15-27-20-10-5-4-6-11-20)24-17-18-8-7-9-19(16-18)26-14-13-25-2;/h4-11,16H,3,12-15,17H2,1-2H3,(H2,22,23,24);1H. The van der Waals surface area contributed by atoms with E-state index in [0.29, 0.717) is 19.8 Å². The summed E-state index contributed by atoms with van der Waals surface area (Å²) in [7, 11) is 1.67. The first-order valence-corrected chi connectivity index (χ1v) is 10.2. The van der Waals surface area contributed by atoms with Gasteiger partial charge in [-0.25, -0.2) is 4.99 Å². The Morgan fingerprint density at radius 1 is 1.04 bits per heavy atom. The van der Waals surface area contributed by atoms with Gasteiger partial charge >= 0.3 is 0 Å². The molecule has 0 saturated heterocycles. The smallest absolute Gasteiger partial charge is 0.191 e. The maximum atomic E-state index is 5.66. The molecule has 0 unspecified atom stereocenters. The Bertz CT molecular complexity index is 686. The maximum Gasteiger partial charge on any atom is 0.191 e. The van der Waals surface area contributed by atoms with Gasteiger partial charge in [-0.05, 0) is 36.8 Å². The molecule has 0 spiro atoms. The van der Waals surface area contributed by atoms with E-state index in [4.69, 9.17) is 9.47 Å². The van der Waals surface area contributed by atoms with Gasteiger partial charge in [0.2, 0.25) is 0 Å². The lowest BCUT2D eigenvalue weighted by molar-refractivity contribution is 0.146. The summed E-state index contributed by atoms with van der Waals surface area (Å²) in [5.74, 6) is 2.66. The van der Waals surface area contributed by atoms with Crippen LogP contribution in [-0.2, 0) is 11.3 Å². The molecule has 28 heavy (non-hydrogen) atoms. The Balaban J connectivity index is 0.00000392. The molecule has 154 valence electrons. The van der Waals surface area contributed by atoms with Crippen molar-refractivity contribution in [2.45, 2.75) is 18.4 Å². The van der Waals surface area contributed by atoms with Crippen molar-refractivity contribution in [2.75, 3.05) is 39.2 Å². The van der Waals surface area contributed by atoms with Crippen molar-refractivity contribution in [2.24, 2.45) is 4.99 Å². The van der Waals surface area contributed by atoms with E-state index in [1.165, 1.54) is 4.90 Å². The molecule has 0 aliphatic heterocycles. The second kappa shape index (κ2) is 15.5. The molecular formula is C21H30IN3O2S. The lowest BCUT2D eigenvalue weighted by Crippen LogP contribution is -2.38. The fourth-order valence-electron chi connectivity index (χ4n) is 2.34. The van der Waals surface area contributed by atoms with Crippen molar-refractivity contribution >= 4 is 41.7 Å². The third-order valence-electron chi connectivity index (χ3n) is 3.63. The number of nitrogens with one attached hydrogen (secondary N) is 2. The highest BCUT2D eigenvalue weighted by atomic mass is 127. The number of guanidine groups is 1. The Morgan fingerprint density at radius 2 is 1.86 bits per heavy atom. The number of rotatable bonds is 11. The summed E-state index contributed by atoms with van der Waals surface area (Å²) < 4.78 is 10.7. The monoisotopic (exact) mass is 515 g/mol. The van der Waals surface area contributed by atoms with E-state index in [9.17, 15) is 0 Å². The first kappa shape index (κ1) is 24.6. The van der Waals surface area contributed by atoms with Gasteiger partial charge in [-0.15, -0.1) is 35.7 Å². The number of methoxy groups -OCH3 is 1. The topological polar surface area (TPSA) is 54.9 Å². The second-order valence-corrected chi connectivity index (χ2v) is 6.94. The van der Waals surface area contributed by atoms with Crippen molar-refractivity contribution in [1.82, 2.24) is 10.6 Å². The predicted molar refractivity (Wildman–Crippen MR) is 129 cm³/mol. The molecule has 0 aromatic heterocycles. The van der Waals surface area contributed by atoms with Crippen LogP contribution in [0.5, 0.6) is 5.75 Å². The van der Waals surface area contributed by atoms with Crippen LogP contribution in [0.3, 0.4) is 0 Å². The SMILES string of the molecule is CCNC(=NCc1cccc(OCCOC)c1)NCCSc1ccccc1.I. The molecule has 0 fully saturated rings. The molecule has 0 atom stereocenters. The van der Waals surface area contributed by atoms with E-state index in [1.807, 2.05) is 36.0 Å². The average molecular weight is 515 g/mol. The van der Waals surface area contributed by atoms with Gasteiger partial charge in [-0.3, -0.25) is 0 Å². The van der Waals surface area contributed by atoms with Gasteiger partial charge in [0.1, 0.15) is 12.4 Å². The van der Waals surface area contributed by atoms with Crippen molar-refractivity contribution in [3.8, 4) is 5.75 Å². The van der Waals surface area contributed by atoms with Crippen LogP contribution in [0, 0.1) is 0 Å². The summed E-state index contributed by atoms with van der Waals surface area (Å²) in [4.78, 5) is 5.95. The van der Waals surface area contributed by atoms with E-state index < -0.39 is 0 Å². The minimum atomic E-state index is 0. The number of hydrogen-bond donors (Lipinski definition) is 2. The van der Waals surface area contributed by atoms with E-state index >= 15 is 0 Å². The van der Waals surface area contributed by atoms with Gasteiger partial charge in [0.15, 0.2) is 5.96 Å². The second-order valence-electron chi connectivity index (χ2n) is 5.77. The highest BCUT2D eigenvalue weighted by Gasteiger charge is 2.00. The zero-order valence-electron chi connectivity index (χ0n) is 16.5. The zero-order chi connectivity index (χ0) is 19.2. The van der Waals surface area contributed by atoms with Crippen LogP contribution in [0.2, 0.25) is 0 Å². The van der Waals surface area contributed by atoms with Crippen molar-refractivity contribution in [3.63, 3.8) is 0 Å². The van der Waals surface area contributed by atoms with Crippen molar-refractivity contribution in [3.05, 3.63) is 60.2 Å². The molecule has 0 aliphatic carbocycles. The molecule has 0 radical (unpaired) electrons. The predicted octanol–water partition coefficient (Wildman–Crippen LogP) is 4.18. The van der Waals surface area contributed by atoms with Crippen LogP contribution < -0.4 is 15.4 Å². The van der Waals surface area contributed by atoms with Gasteiger partial charge in [0.25, 0.3) is 0 Å². The zero-order valence-corrected chi connectivity index (χ0v) is 19.7. The third kappa shape index (κ3) is 10.2. The molecule has 0 saturated carbocycles. The maximum absolute atomic E-state index is 5.66. The minimum Gasteiger partial charge on any atom is -0.491 e. The quantitative estimate of drug-likeness (QED) is 0.155. The molecule has 0 bridgehead atoms. The molecule has 2 aromatic rings. The normalized spacial score (nSPS) is 10.9. The summed E-state index contributed by atoms with van der Waals surface area (Å²) >= 11 is 1.83. The Hall–Kier alpha value is -1.45. The molecule has 7 heteroatoms. The molecule has 0 amide bonds. The molecule has 2 aromatic carbocycles. The Morgan fingerprint density at radius 3 is 2.61 bits per heavy atom. The van der Waals surface area contributed by atoms with Gasteiger partial charge < -0.3 is 20.1 Å². The average Bonchev–Trinajstić information content (AvgIpc) is 2.70. The minimum absolute atomic E-state index is 0. The van der Waals surface area contributed by atoms with Crippen LogP contribution in [0.15, 0.2) is 64.5 Å². The molecule has 0 aliphatic rings. The molecule has 2 rings (SSSR count). The number of benzene rings is 2. The van der Waals surface area contributed by atoms with Crippen LogP contribution >= 0.6 is 35.7 Å². The number of halogens is 1.